The summed E-state index contributed by atoms with van der Waals surface area (Å²) in [5.74, 6) is 0.591. The lowest BCUT2D eigenvalue weighted by Gasteiger charge is -2.28. The maximum absolute atomic E-state index is 13.6. The molecule has 0 saturated heterocycles. The van der Waals surface area contributed by atoms with Gasteiger partial charge >= 0.3 is 0 Å². The van der Waals surface area contributed by atoms with Crippen LogP contribution in [0.4, 0.5) is 23.0 Å². The van der Waals surface area contributed by atoms with Crippen LogP contribution in [0.5, 0.6) is 0 Å². The summed E-state index contributed by atoms with van der Waals surface area (Å²) in [6.45, 7) is 7.83. The number of hydrogen-bond acceptors (Lipinski definition) is 7. The molecule has 2 heterocycles. The molecule has 39 heavy (non-hydrogen) atoms. The first-order valence-corrected chi connectivity index (χ1v) is 12.8. The largest absolute Gasteiger partial charge is 0.372 e. The number of fused-ring (bicyclic) bond motifs is 1. The predicted octanol–water partition coefficient (Wildman–Crippen LogP) is 5.63. The minimum Gasteiger partial charge on any atom is -0.372 e. The molecule has 5 rings (SSSR count). The highest BCUT2D eigenvalue weighted by atomic mass is 16.6. The minimum atomic E-state index is -0.735. The molecule has 1 aromatic heterocycles. The summed E-state index contributed by atoms with van der Waals surface area (Å²) >= 11 is 0. The highest BCUT2D eigenvalue weighted by Gasteiger charge is 2.35. The fourth-order valence-electron chi connectivity index (χ4n) is 4.81. The van der Waals surface area contributed by atoms with Crippen LogP contribution in [-0.2, 0) is 4.79 Å². The first-order chi connectivity index (χ1) is 18.9. The van der Waals surface area contributed by atoms with E-state index in [4.69, 9.17) is 10.1 Å². The number of nitro groups is 1. The van der Waals surface area contributed by atoms with E-state index >= 15 is 0 Å². The molecule has 1 atom stereocenters. The summed E-state index contributed by atoms with van der Waals surface area (Å²) in [5, 5.41) is 22.5. The average Bonchev–Trinajstić information content (AvgIpc) is 3.37. The van der Waals surface area contributed by atoms with Crippen LogP contribution in [-0.4, -0.2) is 38.7 Å². The zero-order valence-electron chi connectivity index (χ0n) is 22.0. The van der Waals surface area contributed by atoms with E-state index in [-0.39, 0.29) is 11.6 Å². The lowest BCUT2D eigenvalue weighted by Crippen LogP contribution is -2.31. The van der Waals surface area contributed by atoms with Crippen molar-refractivity contribution in [1.82, 2.24) is 14.8 Å². The molecule has 1 unspecified atom stereocenters. The third-order valence-electron chi connectivity index (χ3n) is 6.78. The van der Waals surface area contributed by atoms with Crippen LogP contribution in [0.25, 0.3) is 11.4 Å². The quantitative estimate of drug-likeness (QED) is 0.227. The van der Waals surface area contributed by atoms with Crippen molar-refractivity contribution in [2.75, 3.05) is 28.6 Å². The van der Waals surface area contributed by atoms with E-state index < -0.39 is 11.0 Å². The van der Waals surface area contributed by atoms with E-state index in [1.54, 1.807) is 35.9 Å². The lowest BCUT2D eigenvalue weighted by atomic mass is 9.94. The second-order valence-electron chi connectivity index (χ2n) is 9.16. The number of nitrogens with zero attached hydrogens (tertiary/aromatic N) is 5. The topological polar surface area (TPSA) is 118 Å². The van der Waals surface area contributed by atoms with Crippen LogP contribution in [0, 0.1) is 10.1 Å². The number of nitrogens with one attached hydrogen (secondary N) is 2. The fourth-order valence-corrected chi connectivity index (χ4v) is 4.81. The first kappa shape index (κ1) is 25.7. The van der Waals surface area contributed by atoms with Crippen LogP contribution in [0.3, 0.4) is 0 Å². The van der Waals surface area contributed by atoms with Gasteiger partial charge < -0.3 is 15.5 Å². The van der Waals surface area contributed by atoms with Crippen molar-refractivity contribution in [1.29, 1.82) is 0 Å². The molecule has 198 valence electrons. The van der Waals surface area contributed by atoms with Crippen molar-refractivity contribution in [2.24, 2.45) is 0 Å². The summed E-state index contributed by atoms with van der Waals surface area (Å²) in [7, 11) is 0. The maximum atomic E-state index is 13.6. The lowest BCUT2D eigenvalue weighted by molar-refractivity contribution is -0.384. The molecule has 10 nitrogen and oxygen atoms in total. The summed E-state index contributed by atoms with van der Waals surface area (Å²) in [6, 6.07) is 22.7. The molecule has 4 aromatic rings. The number of rotatable bonds is 8. The number of hydrogen-bond donors (Lipinski definition) is 2. The van der Waals surface area contributed by atoms with Crippen LogP contribution in [0.2, 0.25) is 0 Å². The number of nitro benzene ring substituents is 1. The van der Waals surface area contributed by atoms with Crippen LogP contribution < -0.4 is 15.5 Å². The van der Waals surface area contributed by atoms with Gasteiger partial charge in [-0.25, -0.2) is 4.68 Å². The SMILES string of the molecule is CCN(CC)c1ccc(-c2nc3n(n2)C(c2cccc([N+](=O)[O-])c2)C(C(=O)Nc2ccccc2)=C(C)N3)cc1. The number of allylic oxidation sites excluding steroid dienone is 1. The van der Waals surface area contributed by atoms with Crippen molar-refractivity contribution in [3.63, 3.8) is 0 Å². The molecular formula is C29H29N7O3. The number of anilines is 3. The predicted molar refractivity (Wildman–Crippen MR) is 152 cm³/mol. The van der Waals surface area contributed by atoms with Gasteiger partial charge in [-0.05, 0) is 62.7 Å². The molecule has 0 bridgehead atoms. The molecule has 1 aliphatic heterocycles. The Morgan fingerprint density at radius 3 is 2.44 bits per heavy atom. The Labute approximate surface area is 226 Å². The van der Waals surface area contributed by atoms with Gasteiger partial charge in [0, 0.05) is 47.9 Å². The van der Waals surface area contributed by atoms with Crippen molar-refractivity contribution in [3.05, 3.63) is 106 Å². The summed E-state index contributed by atoms with van der Waals surface area (Å²) in [6.07, 6.45) is 0. The van der Waals surface area contributed by atoms with E-state index in [9.17, 15) is 14.9 Å². The number of amides is 1. The number of carbonyl (C=O) groups is 1. The van der Waals surface area contributed by atoms with E-state index in [0.29, 0.717) is 34.3 Å². The average molecular weight is 524 g/mol. The minimum absolute atomic E-state index is 0.0691. The Morgan fingerprint density at radius 2 is 1.77 bits per heavy atom. The third-order valence-corrected chi connectivity index (χ3v) is 6.78. The summed E-state index contributed by atoms with van der Waals surface area (Å²) in [5.41, 5.74) is 4.03. The number of benzene rings is 3. The number of carbonyl (C=O) groups excluding carboxylic acids is 1. The van der Waals surface area contributed by atoms with E-state index in [1.807, 2.05) is 42.5 Å². The van der Waals surface area contributed by atoms with E-state index in [1.165, 1.54) is 12.1 Å². The molecule has 0 aliphatic carbocycles. The van der Waals surface area contributed by atoms with Gasteiger partial charge in [-0.1, -0.05) is 30.3 Å². The molecule has 3 aromatic carbocycles. The number of aromatic nitrogens is 3. The molecular weight excluding hydrogens is 494 g/mol. The second kappa shape index (κ2) is 10.8. The van der Waals surface area contributed by atoms with E-state index in [0.717, 1.165) is 24.3 Å². The van der Waals surface area contributed by atoms with Gasteiger partial charge in [-0.15, -0.1) is 5.10 Å². The Hall–Kier alpha value is -4.99. The monoisotopic (exact) mass is 523 g/mol. The van der Waals surface area contributed by atoms with Crippen molar-refractivity contribution in [3.8, 4) is 11.4 Å². The fraction of sp³-hybridized carbons (Fsp3) is 0.207. The molecule has 0 fully saturated rings. The normalized spacial score (nSPS) is 14.4. The van der Waals surface area contributed by atoms with Crippen LogP contribution in [0.1, 0.15) is 32.4 Å². The van der Waals surface area contributed by atoms with Crippen LogP contribution >= 0.6 is 0 Å². The van der Waals surface area contributed by atoms with Gasteiger partial charge in [-0.2, -0.15) is 4.98 Å². The third kappa shape index (κ3) is 5.08. The molecule has 1 amide bonds. The first-order valence-electron chi connectivity index (χ1n) is 12.8. The highest BCUT2D eigenvalue weighted by molar-refractivity contribution is 6.06. The standard InChI is InChI=1S/C29H29N7O3/c1-4-34(5-2)23-16-14-20(15-17-23)27-32-29-30-19(3)25(28(37)31-22-11-7-6-8-12-22)26(35(29)33-27)21-10-9-13-24(18-21)36(38)39/h6-18,26H,4-5H2,1-3H3,(H,31,37)(H,30,32,33). The van der Waals surface area contributed by atoms with Crippen LogP contribution in [0.15, 0.2) is 90.1 Å². The van der Waals surface area contributed by atoms with Gasteiger partial charge in [0.15, 0.2) is 5.82 Å². The molecule has 0 spiro atoms. The maximum Gasteiger partial charge on any atom is 0.269 e. The van der Waals surface area contributed by atoms with Gasteiger partial charge in [0.1, 0.15) is 6.04 Å². The molecule has 0 radical (unpaired) electrons. The van der Waals surface area contributed by atoms with Gasteiger partial charge in [0.05, 0.1) is 10.5 Å². The zero-order valence-corrected chi connectivity index (χ0v) is 22.0. The van der Waals surface area contributed by atoms with Gasteiger partial charge in [0.2, 0.25) is 5.95 Å². The molecule has 10 heteroatoms. The zero-order chi connectivity index (χ0) is 27.5. The Morgan fingerprint density at radius 1 is 1.05 bits per heavy atom. The smallest absolute Gasteiger partial charge is 0.269 e. The Bertz CT molecular complexity index is 1540. The van der Waals surface area contributed by atoms with Crippen molar-refractivity contribution in [2.45, 2.75) is 26.8 Å². The number of non-ortho nitro benzene ring substituents is 1. The number of para-hydroxylation sites is 1. The van der Waals surface area contributed by atoms with Crippen molar-refractivity contribution >= 4 is 28.9 Å². The highest BCUT2D eigenvalue weighted by Crippen LogP contribution is 2.38. The summed E-state index contributed by atoms with van der Waals surface area (Å²) in [4.78, 5) is 31.7. The van der Waals surface area contributed by atoms with Gasteiger partial charge in [0.25, 0.3) is 11.6 Å². The molecule has 2 N–H and O–H groups in total. The Balaban J connectivity index is 1.58. The van der Waals surface area contributed by atoms with Crippen molar-refractivity contribution < 1.29 is 9.72 Å². The second-order valence-corrected chi connectivity index (χ2v) is 9.16. The summed E-state index contributed by atoms with van der Waals surface area (Å²) < 4.78 is 1.62. The van der Waals surface area contributed by atoms with E-state index in [2.05, 4.69) is 29.4 Å². The Kier molecular flexibility index (Phi) is 7.09. The van der Waals surface area contributed by atoms with Gasteiger partial charge in [-0.3, -0.25) is 14.9 Å². The molecule has 1 aliphatic rings. The molecule has 0 saturated carbocycles.